The van der Waals surface area contributed by atoms with E-state index in [1.807, 2.05) is 0 Å². The van der Waals surface area contributed by atoms with E-state index < -0.39 is 48.0 Å². The van der Waals surface area contributed by atoms with Crippen molar-refractivity contribution in [3.8, 4) is 0 Å². The molecule has 46 heavy (non-hydrogen) atoms. The van der Waals surface area contributed by atoms with E-state index in [4.69, 9.17) is 22.9 Å². The Morgan fingerprint density at radius 2 is 0.652 bits per heavy atom. The fourth-order valence-corrected chi connectivity index (χ4v) is 2.87. The maximum absolute atomic E-state index is 10.2. The van der Waals surface area contributed by atoms with Crippen molar-refractivity contribution in [3.63, 3.8) is 0 Å². The van der Waals surface area contributed by atoms with E-state index in [-0.39, 0.29) is 60.4 Å². The molecule has 2 radical (unpaired) electrons. The SMILES string of the molecule is N[C@@H](Cc1cnc[nH]1)C(=O)[O-].N[C@@H](Cc1cnc[nH]1)C(=O)[O-].N[C@@H](Cc1cnc[nH]1)C(=O)[O-].N[C@@H](Cc1cnc[nH]1)C(=O)[O-].[Cr+3].[Cr+3]. The van der Waals surface area contributed by atoms with Gasteiger partial charge in [0.15, 0.2) is 0 Å². The molecular formula is C24H32Cr2N12O8+2. The van der Waals surface area contributed by atoms with Gasteiger partial charge in [0.2, 0.25) is 0 Å². The number of nitrogens with two attached hydrogens (primary N) is 4. The van der Waals surface area contributed by atoms with Crippen LogP contribution < -0.4 is 43.4 Å². The molecule has 0 aliphatic rings. The Kier molecular flexibility index (Phi) is 22.8. The van der Waals surface area contributed by atoms with Crippen LogP contribution in [0.1, 0.15) is 22.8 Å². The maximum Gasteiger partial charge on any atom is 3.00 e. The molecule has 246 valence electrons. The number of hydrogen-bond acceptors (Lipinski definition) is 16. The van der Waals surface area contributed by atoms with Gasteiger partial charge in [-0.25, -0.2) is 19.9 Å². The van der Waals surface area contributed by atoms with Crippen molar-refractivity contribution in [2.45, 2.75) is 49.9 Å². The van der Waals surface area contributed by atoms with Crippen molar-refractivity contribution in [3.05, 3.63) is 72.9 Å². The van der Waals surface area contributed by atoms with Crippen molar-refractivity contribution in [2.75, 3.05) is 0 Å². The van der Waals surface area contributed by atoms with E-state index >= 15 is 0 Å². The zero-order valence-corrected chi connectivity index (χ0v) is 26.5. The summed E-state index contributed by atoms with van der Waals surface area (Å²) in [6, 6.07) is -3.85. The Bertz CT molecular complexity index is 1150. The average molecular weight is 721 g/mol. The summed E-state index contributed by atoms with van der Waals surface area (Å²) in [6.45, 7) is 0. The summed E-state index contributed by atoms with van der Waals surface area (Å²) in [7, 11) is 0. The molecule has 0 amide bonds. The number of hydrogen-bond donors (Lipinski definition) is 8. The van der Waals surface area contributed by atoms with Gasteiger partial charge in [-0.3, -0.25) is 0 Å². The van der Waals surface area contributed by atoms with Crippen LogP contribution >= 0.6 is 0 Å². The number of H-pyrrole nitrogens is 4. The van der Waals surface area contributed by atoms with Crippen LogP contribution in [0.4, 0.5) is 0 Å². The van der Waals surface area contributed by atoms with Crippen molar-refractivity contribution in [2.24, 2.45) is 22.9 Å². The first-order valence-corrected chi connectivity index (χ1v) is 12.5. The second-order valence-corrected chi connectivity index (χ2v) is 8.83. The smallest absolute Gasteiger partial charge is 0.548 e. The van der Waals surface area contributed by atoms with Crippen LogP contribution in [-0.4, -0.2) is 87.9 Å². The van der Waals surface area contributed by atoms with Gasteiger partial charge in [0.05, 0.1) is 49.2 Å². The molecule has 4 aromatic rings. The van der Waals surface area contributed by atoms with Gasteiger partial charge in [0.1, 0.15) is 0 Å². The summed E-state index contributed by atoms with van der Waals surface area (Å²) in [6.07, 6.45) is 12.9. The second-order valence-electron chi connectivity index (χ2n) is 8.83. The summed E-state index contributed by atoms with van der Waals surface area (Å²) in [4.78, 5) is 66.4. The third kappa shape index (κ3) is 19.1. The van der Waals surface area contributed by atoms with Crippen LogP contribution in [0.25, 0.3) is 0 Å². The number of carboxylic acid groups (broad SMARTS) is 4. The van der Waals surface area contributed by atoms with Gasteiger partial charge in [0.25, 0.3) is 0 Å². The van der Waals surface area contributed by atoms with Gasteiger partial charge in [0, 0.05) is 97.4 Å². The van der Waals surface area contributed by atoms with Crippen LogP contribution in [-0.2, 0) is 79.6 Å². The zero-order chi connectivity index (χ0) is 33.1. The Balaban J connectivity index is 0. The molecule has 12 N–H and O–H groups in total. The van der Waals surface area contributed by atoms with Crippen LogP contribution in [0.3, 0.4) is 0 Å². The summed E-state index contributed by atoms with van der Waals surface area (Å²) < 4.78 is 0. The summed E-state index contributed by atoms with van der Waals surface area (Å²) in [5, 5.41) is 40.6. The van der Waals surface area contributed by atoms with E-state index in [2.05, 4.69) is 39.9 Å². The monoisotopic (exact) mass is 720 g/mol. The largest absolute Gasteiger partial charge is 3.00 e. The van der Waals surface area contributed by atoms with Crippen LogP contribution in [0.5, 0.6) is 0 Å². The number of carbonyl (C=O) groups is 4. The molecule has 0 fully saturated rings. The van der Waals surface area contributed by atoms with Crippen molar-refractivity contribution in [1.82, 2.24) is 39.9 Å². The van der Waals surface area contributed by atoms with Gasteiger partial charge >= 0.3 is 34.7 Å². The normalized spacial score (nSPS) is 12.3. The fourth-order valence-electron chi connectivity index (χ4n) is 2.87. The molecule has 0 aliphatic heterocycles. The van der Waals surface area contributed by atoms with E-state index in [1.54, 1.807) is 0 Å². The molecule has 4 heterocycles. The second kappa shape index (κ2) is 23.9. The Labute approximate surface area is 283 Å². The topological polar surface area (TPSA) is 379 Å². The van der Waals surface area contributed by atoms with Crippen molar-refractivity contribution >= 4 is 23.9 Å². The molecule has 0 saturated carbocycles. The molecule has 4 rings (SSSR count). The minimum absolute atomic E-state index is 0. The maximum atomic E-state index is 10.2. The van der Waals surface area contributed by atoms with Crippen LogP contribution in [0.15, 0.2) is 50.1 Å². The van der Waals surface area contributed by atoms with Crippen molar-refractivity contribution in [1.29, 1.82) is 0 Å². The molecular weight excluding hydrogens is 688 g/mol. The summed E-state index contributed by atoms with van der Waals surface area (Å²) in [5.74, 6) is -5.00. The fraction of sp³-hybridized carbons (Fsp3) is 0.333. The van der Waals surface area contributed by atoms with Gasteiger partial charge in [-0.15, -0.1) is 0 Å². The molecule has 0 aromatic carbocycles. The van der Waals surface area contributed by atoms with Gasteiger partial charge in [-0.2, -0.15) is 0 Å². The Morgan fingerprint density at radius 1 is 0.478 bits per heavy atom. The standard InChI is InChI=1S/4C6H9N3O2.2Cr/c4*7-5(6(10)11)1-4-2-8-3-9-4;;/h4*2-3,5H,1,7H2,(H,8,9)(H,10,11);;/q;;;;2*+3/p-4/t4*5-;;/m0000../s1. The first-order chi connectivity index (χ1) is 20.8. The van der Waals surface area contributed by atoms with Gasteiger partial charge in [-0.05, 0) is 0 Å². The summed E-state index contributed by atoms with van der Waals surface area (Å²) in [5.41, 5.74) is 23.6. The number of rotatable bonds is 12. The third-order valence-corrected chi connectivity index (χ3v) is 5.19. The van der Waals surface area contributed by atoms with Crippen LogP contribution in [0, 0.1) is 0 Å². The average Bonchev–Trinajstić information content (AvgIpc) is 3.79. The van der Waals surface area contributed by atoms with E-state index in [0.29, 0.717) is 22.8 Å². The molecule has 0 bridgehead atoms. The molecule has 0 aliphatic carbocycles. The number of aromatic amines is 4. The zero-order valence-electron chi connectivity index (χ0n) is 23.9. The third-order valence-electron chi connectivity index (χ3n) is 5.19. The molecule has 0 unspecified atom stereocenters. The van der Waals surface area contributed by atoms with E-state index in [9.17, 15) is 39.6 Å². The Morgan fingerprint density at radius 3 is 0.761 bits per heavy atom. The number of aromatic nitrogens is 8. The predicted octanol–water partition coefficient (Wildman–Crippen LogP) is -7.89. The first kappa shape index (κ1) is 43.8. The Hall–Kier alpha value is -4.38. The minimum Gasteiger partial charge on any atom is -0.548 e. The molecule has 4 atom stereocenters. The minimum atomic E-state index is -1.25. The number of nitrogens with zero attached hydrogens (tertiary/aromatic N) is 4. The van der Waals surface area contributed by atoms with E-state index in [1.165, 1.54) is 50.1 Å². The molecule has 0 saturated heterocycles. The number of nitrogens with one attached hydrogen (secondary N) is 4. The predicted molar refractivity (Wildman–Crippen MR) is 141 cm³/mol. The van der Waals surface area contributed by atoms with E-state index in [0.717, 1.165) is 0 Å². The van der Waals surface area contributed by atoms with Gasteiger partial charge < -0.3 is 82.5 Å². The number of carboxylic acids is 4. The van der Waals surface area contributed by atoms with Crippen molar-refractivity contribution < 1.29 is 74.3 Å². The molecule has 20 nitrogen and oxygen atoms in total. The number of carbonyl (C=O) groups excluding carboxylic acids is 4. The van der Waals surface area contributed by atoms with Gasteiger partial charge in [-0.1, -0.05) is 0 Å². The van der Waals surface area contributed by atoms with Crippen LogP contribution in [0.2, 0.25) is 0 Å². The number of aliphatic carboxylic acids is 4. The first-order valence-electron chi connectivity index (χ1n) is 12.5. The molecule has 0 spiro atoms. The summed E-state index contributed by atoms with van der Waals surface area (Å²) >= 11 is 0. The number of imidazole rings is 4. The quantitative estimate of drug-likeness (QED) is 0.0673. The molecule has 4 aromatic heterocycles. The molecule has 22 heteroatoms.